The van der Waals surface area contributed by atoms with Crippen molar-refractivity contribution in [1.82, 2.24) is 5.32 Å². The van der Waals surface area contributed by atoms with E-state index in [0.29, 0.717) is 29.2 Å². The summed E-state index contributed by atoms with van der Waals surface area (Å²) >= 11 is 0. The topological polar surface area (TPSA) is 90.9 Å². The van der Waals surface area contributed by atoms with Crippen molar-refractivity contribution in [1.29, 1.82) is 0 Å². The third-order valence-electron chi connectivity index (χ3n) is 6.11. The van der Waals surface area contributed by atoms with E-state index in [-0.39, 0.29) is 18.7 Å². The average Bonchev–Trinajstić information content (AvgIpc) is 3.19. The van der Waals surface area contributed by atoms with Crippen molar-refractivity contribution in [3.8, 4) is 11.5 Å². The quantitative estimate of drug-likeness (QED) is 0.410. The van der Waals surface area contributed by atoms with E-state index in [4.69, 9.17) is 18.3 Å². The Labute approximate surface area is 191 Å². The average molecular weight is 450 g/mol. The van der Waals surface area contributed by atoms with E-state index in [2.05, 4.69) is 5.32 Å². The van der Waals surface area contributed by atoms with E-state index < -0.39 is 5.63 Å². The maximum atomic E-state index is 12.7. The van der Waals surface area contributed by atoms with Crippen molar-refractivity contribution in [2.24, 2.45) is 0 Å². The van der Waals surface area contributed by atoms with Crippen LogP contribution in [0.25, 0.3) is 21.9 Å². The molecule has 1 amide bonds. The van der Waals surface area contributed by atoms with Crippen LogP contribution in [0.4, 0.5) is 0 Å². The standard InChI is InChI=1S/C26H27NO6/c1-14-13-32-24-16(3)25-21(11-20(14)24)15(2)19(26(29)33-25)8-9-23(28)27-12-17-6-7-18(30-4)10-22(17)31-5/h6-7,10-11,13H,8-9,12H2,1-5H3,(H,27,28). The lowest BCUT2D eigenvalue weighted by atomic mass is 9.98. The largest absolute Gasteiger partial charge is 0.497 e. The molecular formula is C26H27NO6. The predicted octanol–water partition coefficient (Wildman–Crippen LogP) is 4.73. The summed E-state index contributed by atoms with van der Waals surface area (Å²) in [5.74, 6) is 1.15. The van der Waals surface area contributed by atoms with E-state index in [0.717, 1.165) is 38.6 Å². The van der Waals surface area contributed by atoms with E-state index in [1.54, 1.807) is 26.5 Å². The minimum absolute atomic E-state index is 0.163. The van der Waals surface area contributed by atoms with Crippen LogP contribution in [0.15, 0.2) is 44.2 Å². The number of fused-ring (bicyclic) bond motifs is 2. The Morgan fingerprint density at radius 3 is 2.52 bits per heavy atom. The molecule has 0 saturated carbocycles. The monoisotopic (exact) mass is 449 g/mol. The van der Waals surface area contributed by atoms with Gasteiger partial charge in [-0.3, -0.25) is 4.79 Å². The minimum atomic E-state index is -0.421. The van der Waals surface area contributed by atoms with Gasteiger partial charge in [-0.25, -0.2) is 4.79 Å². The third kappa shape index (κ3) is 4.18. The molecule has 7 heteroatoms. The van der Waals surface area contributed by atoms with Gasteiger partial charge in [0.05, 0.1) is 20.5 Å². The SMILES string of the molecule is COc1ccc(CNC(=O)CCc2c(C)c3cc4c(C)coc4c(C)c3oc2=O)c(OC)c1. The number of methoxy groups -OCH3 is 2. The second kappa shape index (κ2) is 9.02. The Hall–Kier alpha value is -3.74. The van der Waals surface area contributed by atoms with Gasteiger partial charge in [0.15, 0.2) is 0 Å². The fourth-order valence-corrected chi connectivity index (χ4v) is 4.13. The Kier molecular flexibility index (Phi) is 6.14. The second-order valence-corrected chi connectivity index (χ2v) is 8.12. The molecule has 172 valence electrons. The first-order valence-electron chi connectivity index (χ1n) is 10.7. The van der Waals surface area contributed by atoms with Crippen LogP contribution in [0.1, 0.15) is 34.2 Å². The van der Waals surface area contributed by atoms with Crippen LogP contribution in [-0.2, 0) is 17.8 Å². The van der Waals surface area contributed by atoms with Crippen LogP contribution >= 0.6 is 0 Å². The first-order valence-corrected chi connectivity index (χ1v) is 10.7. The fourth-order valence-electron chi connectivity index (χ4n) is 4.13. The van der Waals surface area contributed by atoms with Crippen LogP contribution in [0, 0.1) is 20.8 Å². The number of benzene rings is 2. The van der Waals surface area contributed by atoms with Crippen molar-refractivity contribution < 1.29 is 23.1 Å². The molecule has 0 saturated heterocycles. The van der Waals surface area contributed by atoms with E-state index >= 15 is 0 Å². The molecule has 0 spiro atoms. The summed E-state index contributed by atoms with van der Waals surface area (Å²) < 4.78 is 21.9. The molecule has 0 atom stereocenters. The molecule has 4 aromatic rings. The van der Waals surface area contributed by atoms with Crippen LogP contribution < -0.4 is 20.4 Å². The number of furan rings is 1. The molecule has 7 nitrogen and oxygen atoms in total. The van der Waals surface area contributed by atoms with E-state index in [1.165, 1.54) is 0 Å². The number of rotatable bonds is 7. The summed E-state index contributed by atoms with van der Waals surface area (Å²) in [7, 11) is 3.16. The maximum Gasteiger partial charge on any atom is 0.339 e. The highest BCUT2D eigenvalue weighted by Gasteiger charge is 2.18. The van der Waals surface area contributed by atoms with Gasteiger partial charge in [-0.2, -0.15) is 0 Å². The zero-order valence-electron chi connectivity index (χ0n) is 19.5. The van der Waals surface area contributed by atoms with Crippen molar-refractivity contribution in [2.75, 3.05) is 14.2 Å². The summed E-state index contributed by atoms with van der Waals surface area (Å²) in [4.78, 5) is 25.2. The van der Waals surface area contributed by atoms with Gasteiger partial charge in [0, 0.05) is 46.5 Å². The maximum absolute atomic E-state index is 12.7. The molecule has 0 aliphatic heterocycles. The zero-order valence-corrected chi connectivity index (χ0v) is 19.5. The first-order chi connectivity index (χ1) is 15.8. The number of aryl methyl sites for hydroxylation is 3. The number of nitrogens with one attached hydrogen (secondary N) is 1. The van der Waals surface area contributed by atoms with Gasteiger partial charge >= 0.3 is 5.63 Å². The van der Waals surface area contributed by atoms with Gasteiger partial charge in [0.2, 0.25) is 5.91 Å². The molecule has 0 radical (unpaired) electrons. The number of ether oxygens (including phenoxy) is 2. The second-order valence-electron chi connectivity index (χ2n) is 8.12. The number of carbonyl (C=O) groups is 1. The molecule has 2 aromatic heterocycles. The van der Waals surface area contributed by atoms with Crippen LogP contribution in [-0.4, -0.2) is 20.1 Å². The highest BCUT2D eigenvalue weighted by molar-refractivity contribution is 5.99. The van der Waals surface area contributed by atoms with Crippen LogP contribution in [0.3, 0.4) is 0 Å². The molecule has 2 aromatic carbocycles. The van der Waals surface area contributed by atoms with Crippen molar-refractivity contribution in [2.45, 2.75) is 40.2 Å². The summed E-state index contributed by atoms with van der Waals surface area (Å²) in [6.45, 7) is 6.08. The fraction of sp³-hybridized carbons (Fsp3) is 0.308. The van der Waals surface area contributed by atoms with Gasteiger partial charge in [-0.15, -0.1) is 0 Å². The summed E-state index contributed by atoms with van der Waals surface area (Å²) in [5.41, 5.74) is 4.83. The zero-order chi connectivity index (χ0) is 23.7. The molecular weight excluding hydrogens is 422 g/mol. The Bertz CT molecular complexity index is 1410. The first kappa shape index (κ1) is 22.5. The Morgan fingerprint density at radius 2 is 1.79 bits per heavy atom. The number of carbonyl (C=O) groups excluding carboxylic acids is 1. The van der Waals surface area contributed by atoms with Gasteiger partial charge in [-0.05, 0) is 56.5 Å². The number of hydrogen-bond donors (Lipinski definition) is 1. The van der Waals surface area contributed by atoms with E-state index in [9.17, 15) is 9.59 Å². The lowest BCUT2D eigenvalue weighted by molar-refractivity contribution is -0.121. The highest BCUT2D eigenvalue weighted by Crippen LogP contribution is 2.32. The molecule has 2 heterocycles. The third-order valence-corrected chi connectivity index (χ3v) is 6.11. The van der Waals surface area contributed by atoms with Crippen molar-refractivity contribution in [3.05, 3.63) is 68.8 Å². The molecule has 1 N–H and O–H groups in total. The molecule has 0 aliphatic carbocycles. The van der Waals surface area contributed by atoms with Crippen LogP contribution in [0.2, 0.25) is 0 Å². The minimum Gasteiger partial charge on any atom is -0.497 e. The van der Waals surface area contributed by atoms with Gasteiger partial charge in [0.1, 0.15) is 22.7 Å². The summed E-state index contributed by atoms with van der Waals surface area (Å²) in [6.07, 6.45) is 2.16. The van der Waals surface area contributed by atoms with Crippen molar-refractivity contribution >= 4 is 27.8 Å². The van der Waals surface area contributed by atoms with Gasteiger partial charge < -0.3 is 23.6 Å². The van der Waals surface area contributed by atoms with Gasteiger partial charge in [0.25, 0.3) is 0 Å². The predicted molar refractivity (Wildman–Crippen MR) is 126 cm³/mol. The Balaban J connectivity index is 1.52. The van der Waals surface area contributed by atoms with Gasteiger partial charge in [-0.1, -0.05) is 0 Å². The molecule has 33 heavy (non-hydrogen) atoms. The van der Waals surface area contributed by atoms with Crippen LogP contribution in [0.5, 0.6) is 11.5 Å². The molecule has 0 bridgehead atoms. The lowest BCUT2D eigenvalue weighted by Crippen LogP contribution is -2.24. The molecule has 0 fully saturated rings. The Morgan fingerprint density at radius 1 is 1.00 bits per heavy atom. The number of amides is 1. The molecule has 0 aliphatic rings. The highest BCUT2D eigenvalue weighted by atomic mass is 16.5. The van der Waals surface area contributed by atoms with E-state index in [1.807, 2.05) is 39.0 Å². The normalized spacial score (nSPS) is 11.2. The smallest absolute Gasteiger partial charge is 0.339 e. The molecule has 0 unspecified atom stereocenters. The molecule has 4 rings (SSSR count). The number of hydrogen-bond acceptors (Lipinski definition) is 6. The summed E-state index contributed by atoms with van der Waals surface area (Å²) in [6, 6.07) is 7.43. The van der Waals surface area contributed by atoms with Crippen molar-refractivity contribution in [3.63, 3.8) is 0 Å². The lowest BCUT2D eigenvalue weighted by Gasteiger charge is -2.12. The summed E-state index contributed by atoms with van der Waals surface area (Å²) in [5, 5.41) is 4.75.